The Morgan fingerprint density at radius 1 is 1.15 bits per heavy atom. The number of benzene rings is 2. The van der Waals surface area contributed by atoms with Gasteiger partial charge in [0.25, 0.3) is 0 Å². The third kappa shape index (κ3) is 2.66. The van der Waals surface area contributed by atoms with Crippen LogP contribution in [-0.4, -0.2) is 11.2 Å². The molecule has 0 unspecified atom stereocenters. The summed E-state index contributed by atoms with van der Waals surface area (Å²) in [6.07, 6.45) is 0.743. The van der Waals surface area contributed by atoms with E-state index in [2.05, 4.69) is 0 Å². The monoisotopic (exact) mass is 271 g/mol. The van der Waals surface area contributed by atoms with Gasteiger partial charge in [-0.15, -0.1) is 0 Å². The minimum atomic E-state index is -0.475. The van der Waals surface area contributed by atoms with Gasteiger partial charge in [0.05, 0.1) is 4.92 Å². The molecule has 0 saturated carbocycles. The molecule has 2 aromatic rings. The number of para-hydroxylation sites is 1. The van der Waals surface area contributed by atoms with Crippen molar-refractivity contribution in [2.45, 2.75) is 13.8 Å². The second-order valence-corrected chi connectivity index (χ2v) is 4.43. The third-order valence-corrected chi connectivity index (χ3v) is 2.93. The molecule has 2 rings (SSSR count). The summed E-state index contributed by atoms with van der Waals surface area (Å²) in [6.45, 7) is 3.53. The number of hydrogen-bond donors (Lipinski definition) is 0. The standard InChI is InChI=1S/C15H13NO4/c1-10-4-3-5-13(16(18)19)15(10)20-14-7-6-12(9-17)8-11(14)2/h3-9H,1-2H3. The summed E-state index contributed by atoms with van der Waals surface area (Å²) in [5.41, 5.74) is 1.88. The van der Waals surface area contributed by atoms with Crippen LogP contribution in [0.1, 0.15) is 21.5 Å². The van der Waals surface area contributed by atoms with Crippen molar-refractivity contribution in [3.63, 3.8) is 0 Å². The number of nitro benzene ring substituents is 1. The first-order valence-electron chi connectivity index (χ1n) is 6.00. The molecule has 0 bridgehead atoms. The molecule has 20 heavy (non-hydrogen) atoms. The lowest BCUT2D eigenvalue weighted by molar-refractivity contribution is -0.385. The fourth-order valence-corrected chi connectivity index (χ4v) is 1.88. The first kappa shape index (κ1) is 13.7. The number of hydrogen-bond acceptors (Lipinski definition) is 4. The summed E-state index contributed by atoms with van der Waals surface area (Å²) in [5.74, 6) is 0.715. The summed E-state index contributed by atoms with van der Waals surface area (Å²) >= 11 is 0. The Balaban J connectivity index is 2.44. The van der Waals surface area contributed by atoms with E-state index in [1.165, 1.54) is 6.07 Å². The average Bonchev–Trinajstić information content (AvgIpc) is 2.42. The number of carbonyl (C=O) groups is 1. The van der Waals surface area contributed by atoms with Crippen LogP contribution in [0.3, 0.4) is 0 Å². The zero-order valence-corrected chi connectivity index (χ0v) is 11.1. The average molecular weight is 271 g/mol. The lowest BCUT2D eigenvalue weighted by Crippen LogP contribution is -1.97. The van der Waals surface area contributed by atoms with E-state index in [9.17, 15) is 14.9 Å². The second kappa shape index (κ2) is 5.52. The van der Waals surface area contributed by atoms with Crippen molar-refractivity contribution in [1.82, 2.24) is 0 Å². The quantitative estimate of drug-likeness (QED) is 0.481. The summed E-state index contributed by atoms with van der Waals surface area (Å²) in [5, 5.41) is 11.0. The van der Waals surface area contributed by atoms with E-state index in [0.29, 0.717) is 16.9 Å². The van der Waals surface area contributed by atoms with Gasteiger partial charge in [0.1, 0.15) is 12.0 Å². The van der Waals surface area contributed by atoms with Gasteiger partial charge in [-0.1, -0.05) is 12.1 Å². The topological polar surface area (TPSA) is 69.4 Å². The molecule has 0 aliphatic heterocycles. The van der Waals surface area contributed by atoms with Gasteiger partial charge in [-0.25, -0.2) is 0 Å². The molecule has 0 amide bonds. The van der Waals surface area contributed by atoms with Gasteiger partial charge in [-0.2, -0.15) is 0 Å². The highest BCUT2D eigenvalue weighted by Crippen LogP contribution is 2.35. The number of nitro groups is 1. The molecular weight excluding hydrogens is 258 g/mol. The highest BCUT2D eigenvalue weighted by molar-refractivity contribution is 5.75. The van der Waals surface area contributed by atoms with Gasteiger partial charge in [-0.05, 0) is 43.2 Å². The molecule has 5 heteroatoms. The number of nitrogens with zero attached hydrogens (tertiary/aromatic N) is 1. The molecule has 0 radical (unpaired) electrons. The maximum Gasteiger partial charge on any atom is 0.311 e. The predicted octanol–water partition coefficient (Wildman–Crippen LogP) is 3.82. The summed E-state index contributed by atoms with van der Waals surface area (Å²) in [6, 6.07) is 9.68. The first-order chi connectivity index (χ1) is 9.52. The van der Waals surface area contributed by atoms with Crippen LogP contribution in [0.5, 0.6) is 11.5 Å². The Hall–Kier alpha value is -2.69. The van der Waals surface area contributed by atoms with Crippen LogP contribution in [0.15, 0.2) is 36.4 Å². The molecule has 0 aromatic heterocycles. The lowest BCUT2D eigenvalue weighted by atomic mass is 10.1. The summed E-state index contributed by atoms with van der Waals surface area (Å²) in [4.78, 5) is 21.2. The molecule has 102 valence electrons. The van der Waals surface area contributed by atoms with Crippen molar-refractivity contribution in [2.75, 3.05) is 0 Å². The number of rotatable bonds is 4. The van der Waals surface area contributed by atoms with E-state index in [-0.39, 0.29) is 11.4 Å². The van der Waals surface area contributed by atoms with Crippen LogP contribution < -0.4 is 4.74 Å². The molecule has 5 nitrogen and oxygen atoms in total. The van der Waals surface area contributed by atoms with Crippen LogP contribution in [0.4, 0.5) is 5.69 Å². The molecule has 0 atom stereocenters. The van der Waals surface area contributed by atoms with Crippen molar-refractivity contribution in [2.24, 2.45) is 0 Å². The van der Waals surface area contributed by atoms with Crippen molar-refractivity contribution < 1.29 is 14.5 Å². The van der Waals surface area contributed by atoms with Gasteiger partial charge in [-0.3, -0.25) is 14.9 Å². The van der Waals surface area contributed by atoms with E-state index in [1.807, 2.05) is 0 Å². The van der Waals surface area contributed by atoms with Gasteiger partial charge < -0.3 is 4.74 Å². The molecule has 0 heterocycles. The minimum absolute atomic E-state index is 0.0798. The van der Waals surface area contributed by atoms with Crippen molar-refractivity contribution in [3.05, 3.63) is 63.2 Å². The largest absolute Gasteiger partial charge is 0.450 e. The normalized spacial score (nSPS) is 10.1. The third-order valence-electron chi connectivity index (χ3n) is 2.93. The van der Waals surface area contributed by atoms with Gasteiger partial charge >= 0.3 is 5.69 Å². The first-order valence-corrected chi connectivity index (χ1v) is 6.00. The van der Waals surface area contributed by atoms with E-state index >= 15 is 0 Å². The van der Waals surface area contributed by atoms with Crippen LogP contribution in [0.25, 0.3) is 0 Å². The van der Waals surface area contributed by atoms with E-state index in [4.69, 9.17) is 4.74 Å². The summed E-state index contributed by atoms with van der Waals surface area (Å²) in [7, 11) is 0. The second-order valence-electron chi connectivity index (χ2n) is 4.43. The minimum Gasteiger partial charge on any atom is -0.450 e. The van der Waals surface area contributed by atoms with Crippen LogP contribution in [-0.2, 0) is 0 Å². The van der Waals surface area contributed by atoms with E-state index in [1.54, 1.807) is 44.2 Å². The summed E-state index contributed by atoms with van der Waals surface area (Å²) < 4.78 is 5.67. The fraction of sp³-hybridized carbons (Fsp3) is 0.133. The van der Waals surface area contributed by atoms with E-state index < -0.39 is 4.92 Å². The zero-order valence-electron chi connectivity index (χ0n) is 11.1. The van der Waals surface area contributed by atoms with Crippen LogP contribution >= 0.6 is 0 Å². The van der Waals surface area contributed by atoms with Gasteiger partial charge in [0.2, 0.25) is 5.75 Å². The maximum atomic E-state index is 11.0. The fourth-order valence-electron chi connectivity index (χ4n) is 1.88. The Bertz CT molecular complexity index is 680. The number of carbonyl (C=O) groups excluding carboxylic acids is 1. The van der Waals surface area contributed by atoms with Crippen molar-refractivity contribution in [1.29, 1.82) is 0 Å². The SMILES string of the molecule is Cc1cc(C=O)ccc1Oc1c(C)cccc1[N+](=O)[O-]. The zero-order chi connectivity index (χ0) is 14.7. The van der Waals surface area contributed by atoms with Crippen molar-refractivity contribution in [3.8, 4) is 11.5 Å². The Morgan fingerprint density at radius 3 is 2.50 bits per heavy atom. The number of aldehydes is 1. The van der Waals surface area contributed by atoms with Crippen LogP contribution in [0.2, 0.25) is 0 Å². The molecule has 0 spiro atoms. The molecule has 0 aliphatic carbocycles. The molecule has 0 saturated heterocycles. The maximum absolute atomic E-state index is 11.0. The smallest absolute Gasteiger partial charge is 0.311 e. The molecule has 2 aromatic carbocycles. The highest BCUT2D eigenvalue weighted by atomic mass is 16.6. The Kier molecular flexibility index (Phi) is 3.79. The predicted molar refractivity (Wildman–Crippen MR) is 74.5 cm³/mol. The molecule has 0 N–H and O–H groups in total. The number of aryl methyl sites for hydroxylation is 2. The van der Waals surface area contributed by atoms with Gasteiger partial charge in [0, 0.05) is 11.6 Å². The van der Waals surface area contributed by atoms with Crippen LogP contribution in [0, 0.1) is 24.0 Å². The van der Waals surface area contributed by atoms with Gasteiger partial charge in [0.15, 0.2) is 0 Å². The lowest BCUT2D eigenvalue weighted by Gasteiger charge is -2.11. The van der Waals surface area contributed by atoms with E-state index in [0.717, 1.165) is 11.8 Å². The Morgan fingerprint density at radius 2 is 1.90 bits per heavy atom. The molecule has 0 fully saturated rings. The highest BCUT2D eigenvalue weighted by Gasteiger charge is 2.18. The molecule has 0 aliphatic rings. The Labute approximate surface area is 116 Å². The molecular formula is C15H13NO4. The number of ether oxygens (including phenoxy) is 1. The van der Waals surface area contributed by atoms with Crippen molar-refractivity contribution >= 4 is 12.0 Å².